The van der Waals surface area contributed by atoms with Crippen molar-refractivity contribution in [3.8, 4) is 11.4 Å². The number of aromatic nitrogens is 4. The van der Waals surface area contributed by atoms with E-state index in [-0.39, 0.29) is 35.0 Å². The highest BCUT2D eigenvalue weighted by Gasteiger charge is 2.21. The number of esters is 1. The highest BCUT2D eigenvalue weighted by Crippen LogP contribution is 2.22. The number of carbonyl (C=O) groups is 1. The average molecular weight is 379 g/mol. The number of imidazole rings is 1. The number of halogens is 2. The smallest absolute Gasteiger partial charge is 0.359 e. The monoisotopic (exact) mass is 378 g/mol. The molecule has 0 bridgehead atoms. The molecule has 3 aromatic heterocycles. The van der Waals surface area contributed by atoms with Gasteiger partial charge in [0, 0.05) is 17.1 Å². The SMILES string of the molecule is O=C(OCc1nc(-c2ccc(F)cc2)no1)c1c(Cl)nc2sccn12. The molecule has 0 amide bonds. The summed E-state index contributed by atoms with van der Waals surface area (Å²) < 4.78 is 24.7. The summed E-state index contributed by atoms with van der Waals surface area (Å²) in [5, 5.41) is 5.62. The summed E-state index contributed by atoms with van der Waals surface area (Å²) in [5.41, 5.74) is 0.720. The van der Waals surface area contributed by atoms with Gasteiger partial charge in [0.05, 0.1) is 0 Å². The fourth-order valence-electron chi connectivity index (χ4n) is 2.17. The zero-order valence-electron chi connectivity index (χ0n) is 12.3. The predicted octanol–water partition coefficient (Wildman–Crippen LogP) is 3.60. The molecule has 0 spiro atoms. The minimum Gasteiger partial charge on any atom is -0.451 e. The van der Waals surface area contributed by atoms with Crippen molar-refractivity contribution in [3.05, 3.63) is 58.4 Å². The second-order valence-corrected chi connectivity index (χ2v) is 6.13. The van der Waals surface area contributed by atoms with E-state index in [1.165, 1.54) is 35.6 Å². The average Bonchev–Trinajstić information content (AvgIpc) is 3.29. The first-order chi connectivity index (χ1) is 12.1. The van der Waals surface area contributed by atoms with E-state index in [0.29, 0.717) is 10.5 Å². The molecule has 25 heavy (non-hydrogen) atoms. The zero-order valence-corrected chi connectivity index (χ0v) is 13.9. The highest BCUT2D eigenvalue weighted by molar-refractivity contribution is 7.15. The van der Waals surface area contributed by atoms with E-state index in [2.05, 4.69) is 15.1 Å². The van der Waals surface area contributed by atoms with Crippen LogP contribution in [-0.4, -0.2) is 25.5 Å². The van der Waals surface area contributed by atoms with Gasteiger partial charge in [-0.15, -0.1) is 11.3 Å². The maximum Gasteiger partial charge on any atom is 0.359 e. The lowest BCUT2D eigenvalue weighted by molar-refractivity contribution is 0.0422. The van der Waals surface area contributed by atoms with E-state index in [0.717, 1.165) is 0 Å². The second kappa shape index (κ2) is 6.26. The van der Waals surface area contributed by atoms with Crippen molar-refractivity contribution in [1.29, 1.82) is 0 Å². The Morgan fingerprint density at radius 3 is 2.92 bits per heavy atom. The van der Waals surface area contributed by atoms with Gasteiger partial charge in [-0.05, 0) is 24.3 Å². The van der Waals surface area contributed by atoms with Crippen LogP contribution < -0.4 is 0 Å². The number of ether oxygens (including phenoxy) is 1. The summed E-state index contributed by atoms with van der Waals surface area (Å²) in [4.78, 5) is 21.0. The zero-order chi connectivity index (χ0) is 17.4. The van der Waals surface area contributed by atoms with Crippen LogP contribution in [0.4, 0.5) is 4.39 Å². The fraction of sp³-hybridized carbons (Fsp3) is 0.0667. The van der Waals surface area contributed by atoms with Crippen molar-refractivity contribution in [1.82, 2.24) is 19.5 Å². The molecule has 1 aromatic carbocycles. The number of fused-ring (bicyclic) bond motifs is 1. The first-order valence-corrected chi connectivity index (χ1v) is 8.24. The summed E-state index contributed by atoms with van der Waals surface area (Å²) in [6, 6.07) is 5.63. The number of thiazole rings is 1. The fourth-order valence-corrected chi connectivity index (χ4v) is 3.18. The van der Waals surface area contributed by atoms with Gasteiger partial charge < -0.3 is 9.26 Å². The van der Waals surface area contributed by atoms with Crippen molar-refractivity contribution >= 4 is 33.9 Å². The lowest BCUT2D eigenvalue weighted by atomic mass is 10.2. The summed E-state index contributed by atoms with van der Waals surface area (Å²) in [6.45, 7) is -0.222. The Morgan fingerprint density at radius 2 is 2.12 bits per heavy atom. The number of hydrogen-bond acceptors (Lipinski definition) is 7. The lowest BCUT2D eigenvalue weighted by Crippen LogP contribution is -2.08. The third-order valence-corrected chi connectivity index (χ3v) is 4.33. The molecule has 0 N–H and O–H groups in total. The molecule has 0 aliphatic rings. The van der Waals surface area contributed by atoms with E-state index >= 15 is 0 Å². The molecule has 0 fully saturated rings. The summed E-state index contributed by atoms with van der Waals surface area (Å²) in [7, 11) is 0. The third-order valence-electron chi connectivity index (χ3n) is 3.31. The Hall–Kier alpha value is -2.78. The molecule has 0 radical (unpaired) electrons. The van der Waals surface area contributed by atoms with Gasteiger partial charge in [-0.2, -0.15) is 4.98 Å². The molecule has 0 atom stereocenters. The largest absolute Gasteiger partial charge is 0.451 e. The third kappa shape index (κ3) is 2.99. The predicted molar refractivity (Wildman–Crippen MR) is 86.9 cm³/mol. The topological polar surface area (TPSA) is 82.5 Å². The van der Waals surface area contributed by atoms with Gasteiger partial charge in [-0.3, -0.25) is 4.40 Å². The minimum absolute atomic E-state index is 0.0642. The Labute approximate surface area is 148 Å². The molecular formula is C15H8ClFN4O3S. The number of nitrogens with zero attached hydrogens (tertiary/aromatic N) is 4. The first kappa shape index (κ1) is 15.7. The normalized spacial score (nSPS) is 11.1. The Morgan fingerprint density at radius 1 is 1.32 bits per heavy atom. The van der Waals surface area contributed by atoms with Crippen molar-refractivity contribution < 1.29 is 18.4 Å². The van der Waals surface area contributed by atoms with E-state index in [1.807, 2.05) is 0 Å². The molecule has 4 aromatic rings. The molecule has 7 nitrogen and oxygen atoms in total. The number of carbonyl (C=O) groups excluding carboxylic acids is 1. The van der Waals surface area contributed by atoms with Crippen molar-refractivity contribution in [2.75, 3.05) is 0 Å². The van der Waals surface area contributed by atoms with Crippen LogP contribution >= 0.6 is 22.9 Å². The second-order valence-electron chi connectivity index (χ2n) is 4.90. The first-order valence-electron chi connectivity index (χ1n) is 6.98. The van der Waals surface area contributed by atoms with Gasteiger partial charge in [-0.1, -0.05) is 16.8 Å². The maximum absolute atomic E-state index is 12.9. The van der Waals surface area contributed by atoms with Crippen LogP contribution in [0.1, 0.15) is 16.4 Å². The summed E-state index contributed by atoms with van der Waals surface area (Å²) in [5.74, 6) is -0.639. The molecule has 0 unspecified atom stereocenters. The molecule has 3 heterocycles. The van der Waals surface area contributed by atoms with Crippen LogP contribution in [0.3, 0.4) is 0 Å². The van der Waals surface area contributed by atoms with Crippen molar-refractivity contribution in [3.63, 3.8) is 0 Å². The summed E-state index contributed by atoms with van der Waals surface area (Å²) >= 11 is 7.32. The van der Waals surface area contributed by atoms with E-state index < -0.39 is 5.97 Å². The highest BCUT2D eigenvalue weighted by atomic mass is 35.5. The number of hydrogen-bond donors (Lipinski definition) is 0. The molecule has 0 saturated heterocycles. The van der Waals surface area contributed by atoms with Gasteiger partial charge in [0.15, 0.2) is 22.4 Å². The Kier molecular flexibility index (Phi) is 3.94. The maximum atomic E-state index is 12.9. The van der Waals surface area contributed by atoms with Crippen LogP contribution in [0.5, 0.6) is 0 Å². The van der Waals surface area contributed by atoms with Crippen LogP contribution in [0.15, 0.2) is 40.4 Å². The van der Waals surface area contributed by atoms with E-state index in [9.17, 15) is 9.18 Å². The molecule has 0 aliphatic carbocycles. The minimum atomic E-state index is -0.655. The molecular weight excluding hydrogens is 371 g/mol. The summed E-state index contributed by atoms with van der Waals surface area (Å²) in [6.07, 6.45) is 1.68. The van der Waals surface area contributed by atoms with E-state index in [4.69, 9.17) is 20.9 Å². The van der Waals surface area contributed by atoms with Crippen LogP contribution in [0.2, 0.25) is 5.15 Å². The lowest BCUT2D eigenvalue weighted by Gasteiger charge is -2.00. The molecule has 10 heteroatoms. The van der Waals surface area contributed by atoms with Crippen LogP contribution in [0, 0.1) is 5.82 Å². The number of rotatable bonds is 4. The quantitative estimate of drug-likeness (QED) is 0.505. The molecule has 126 valence electrons. The Bertz CT molecular complexity index is 1060. The van der Waals surface area contributed by atoms with Crippen molar-refractivity contribution in [2.45, 2.75) is 6.61 Å². The Balaban J connectivity index is 1.48. The van der Waals surface area contributed by atoms with Crippen LogP contribution in [-0.2, 0) is 11.3 Å². The molecule has 4 rings (SSSR count). The standard InChI is InChI=1S/C15H8ClFN4O3S/c16-12-11(21-5-6-25-15(21)19-12)14(22)23-7-10-18-13(20-24-10)8-1-3-9(17)4-2-8/h1-6H,7H2. The van der Waals surface area contributed by atoms with Gasteiger partial charge >= 0.3 is 5.97 Å². The molecule has 0 saturated carbocycles. The molecule has 0 aliphatic heterocycles. The van der Waals surface area contributed by atoms with E-state index in [1.54, 1.807) is 16.0 Å². The van der Waals surface area contributed by atoms with Gasteiger partial charge in [0.1, 0.15) is 5.82 Å². The van der Waals surface area contributed by atoms with Crippen LogP contribution in [0.25, 0.3) is 16.3 Å². The van der Waals surface area contributed by atoms with Gasteiger partial charge in [0.2, 0.25) is 5.82 Å². The van der Waals surface area contributed by atoms with Crippen molar-refractivity contribution in [2.24, 2.45) is 0 Å². The van der Waals surface area contributed by atoms with Gasteiger partial charge in [-0.25, -0.2) is 14.2 Å². The number of benzene rings is 1. The van der Waals surface area contributed by atoms with Gasteiger partial charge in [0.25, 0.3) is 5.89 Å².